The number of hydrogen-bond donors (Lipinski definition) is 0. The molecule has 284 valence electrons. The monoisotopic (exact) mass is 677 g/mol. The van der Waals surface area contributed by atoms with Crippen molar-refractivity contribution in [3.63, 3.8) is 0 Å². The van der Waals surface area contributed by atoms with E-state index in [1.54, 1.807) is 0 Å². The molecule has 0 aliphatic rings. The first-order chi connectivity index (χ1) is 23.6. The van der Waals surface area contributed by atoms with Gasteiger partial charge in [0.2, 0.25) is 0 Å². The van der Waals surface area contributed by atoms with Crippen molar-refractivity contribution in [1.82, 2.24) is 0 Å². The molecule has 0 unspecified atom stereocenters. The highest BCUT2D eigenvalue weighted by atomic mass is 16.5. The van der Waals surface area contributed by atoms with Gasteiger partial charge in [-0.05, 0) is 12.8 Å². The van der Waals surface area contributed by atoms with Crippen molar-refractivity contribution in [2.24, 2.45) is 0 Å². The molecule has 0 amide bonds. The summed E-state index contributed by atoms with van der Waals surface area (Å²) in [6, 6.07) is 0. The fourth-order valence-corrected chi connectivity index (χ4v) is 6.29. The van der Waals surface area contributed by atoms with Gasteiger partial charge in [0.15, 0.2) is 0 Å². The van der Waals surface area contributed by atoms with Crippen LogP contribution in [0.2, 0.25) is 0 Å². The molecule has 0 saturated heterocycles. The topological polar surface area (TPSA) is 52.6 Å². The summed E-state index contributed by atoms with van der Waals surface area (Å²) in [7, 11) is 0. The first kappa shape index (κ1) is 48.5. The van der Waals surface area contributed by atoms with E-state index in [4.69, 9.17) is 4.74 Å². The van der Waals surface area contributed by atoms with Crippen LogP contribution in [-0.2, 0) is 19.1 Å². The SMILES string of the molecule is C=COC(=O)CCCCCCCCCCCCCCCCC.C=COC(=O)CCCCCCCCCCCCCCCCCCCCC. The van der Waals surface area contributed by atoms with Crippen LogP contribution < -0.4 is 0 Å². The summed E-state index contributed by atoms with van der Waals surface area (Å²) in [6.45, 7) is 11.3. The summed E-state index contributed by atoms with van der Waals surface area (Å²) in [5, 5.41) is 0. The number of rotatable bonds is 38. The predicted molar refractivity (Wildman–Crippen MR) is 210 cm³/mol. The largest absolute Gasteiger partial charge is 0.435 e. The summed E-state index contributed by atoms with van der Waals surface area (Å²) in [5.74, 6) is -0.295. The molecule has 0 aliphatic heterocycles. The van der Waals surface area contributed by atoms with Crippen LogP contribution in [-0.4, -0.2) is 11.9 Å². The van der Waals surface area contributed by atoms with E-state index in [2.05, 4.69) is 31.7 Å². The molecule has 0 fully saturated rings. The average molecular weight is 677 g/mol. The Balaban J connectivity index is 0. The van der Waals surface area contributed by atoms with Gasteiger partial charge in [-0.15, -0.1) is 0 Å². The zero-order valence-corrected chi connectivity index (χ0v) is 32.7. The Hall–Kier alpha value is -1.58. The Morgan fingerprint density at radius 3 is 0.667 bits per heavy atom. The van der Waals surface area contributed by atoms with Gasteiger partial charge in [-0.1, -0.05) is 232 Å². The molecule has 0 aromatic heterocycles. The number of carbonyl (C=O) groups is 2. The molecule has 4 heteroatoms. The Morgan fingerprint density at radius 1 is 0.333 bits per heavy atom. The lowest BCUT2D eigenvalue weighted by molar-refractivity contribution is -0.139. The molecule has 0 N–H and O–H groups in total. The first-order valence-corrected chi connectivity index (χ1v) is 21.2. The highest BCUT2D eigenvalue weighted by molar-refractivity contribution is 5.70. The van der Waals surface area contributed by atoms with Gasteiger partial charge in [-0.25, -0.2) is 0 Å². The summed E-state index contributed by atoms with van der Waals surface area (Å²) in [5.41, 5.74) is 0. The molecule has 0 saturated carbocycles. The number of esters is 2. The number of unbranched alkanes of at least 4 members (excludes halogenated alkanes) is 32. The van der Waals surface area contributed by atoms with Crippen LogP contribution in [0.5, 0.6) is 0 Å². The van der Waals surface area contributed by atoms with E-state index in [0.717, 1.165) is 25.7 Å². The normalized spacial score (nSPS) is 10.7. The zero-order valence-electron chi connectivity index (χ0n) is 32.7. The van der Waals surface area contributed by atoms with Crippen molar-refractivity contribution >= 4 is 11.9 Å². The van der Waals surface area contributed by atoms with Gasteiger partial charge in [-0.3, -0.25) is 9.59 Å². The lowest BCUT2D eigenvalue weighted by atomic mass is 10.0. The van der Waals surface area contributed by atoms with E-state index in [1.165, 1.54) is 205 Å². The van der Waals surface area contributed by atoms with Gasteiger partial charge in [0, 0.05) is 12.8 Å². The van der Waals surface area contributed by atoms with Crippen LogP contribution in [0.4, 0.5) is 0 Å². The highest BCUT2D eigenvalue weighted by Gasteiger charge is 2.01. The quantitative estimate of drug-likeness (QED) is 0.0371. The molecule has 0 atom stereocenters. The molecular weight excluding hydrogens is 592 g/mol. The second-order valence-electron chi connectivity index (χ2n) is 14.1. The fourth-order valence-electron chi connectivity index (χ4n) is 6.29. The Morgan fingerprint density at radius 2 is 0.500 bits per heavy atom. The summed E-state index contributed by atoms with van der Waals surface area (Å²) in [4.78, 5) is 22.2. The number of hydrogen-bond acceptors (Lipinski definition) is 4. The molecule has 48 heavy (non-hydrogen) atoms. The van der Waals surface area contributed by atoms with Gasteiger partial charge in [-0.2, -0.15) is 0 Å². The highest BCUT2D eigenvalue weighted by Crippen LogP contribution is 2.16. The van der Waals surface area contributed by atoms with Crippen LogP contribution in [0.3, 0.4) is 0 Å². The Labute approximate surface area is 301 Å². The van der Waals surface area contributed by atoms with Crippen molar-refractivity contribution < 1.29 is 19.1 Å². The van der Waals surface area contributed by atoms with E-state index < -0.39 is 0 Å². The molecule has 0 aromatic rings. The molecule has 0 radical (unpaired) electrons. The Kier molecular flexibility index (Phi) is 45.9. The lowest BCUT2D eigenvalue weighted by Crippen LogP contribution is -1.98. The van der Waals surface area contributed by atoms with Gasteiger partial charge in [0.05, 0.1) is 12.5 Å². The molecule has 0 bridgehead atoms. The predicted octanol–water partition coefficient (Wildman–Crippen LogP) is 15.4. The molecular formula is C44H84O4. The molecule has 4 nitrogen and oxygen atoms in total. The molecule has 0 rings (SSSR count). The molecule has 0 spiro atoms. The van der Waals surface area contributed by atoms with E-state index in [-0.39, 0.29) is 11.9 Å². The third kappa shape index (κ3) is 46.5. The second kappa shape index (κ2) is 45.4. The third-order valence-electron chi connectivity index (χ3n) is 9.40. The number of carbonyl (C=O) groups excluding carboxylic acids is 2. The van der Waals surface area contributed by atoms with Crippen LogP contribution >= 0.6 is 0 Å². The minimum Gasteiger partial charge on any atom is -0.435 e. The summed E-state index contributed by atoms with van der Waals surface area (Å²) in [6.07, 6.45) is 49.7. The van der Waals surface area contributed by atoms with E-state index >= 15 is 0 Å². The number of ether oxygens (including phenoxy) is 2. The standard InChI is InChI=1S/C24H46O2.C20H38O2/c1-3-5-6-7-8-9-10-11-12-13-14-15-16-17-18-19-20-21-22-23-24(25)26-4-2;1-3-5-6-7-8-9-10-11-12-13-14-15-16-17-18-19-20(21)22-4-2/h4H,2-3,5-23H2,1H3;4H,2-3,5-19H2,1H3. The van der Waals surface area contributed by atoms with Crippen LogP contribution in [0, 0.1) is 0 Å². The summed E-state index contributed by atoms with van der Waals surface area (Å²) < 4.78 is 9.39. The minimum atomic E-state index is -0.148. The maximum atomic E-state index is 11.1. The lowest BCUT2D eigenvalue weighted by Gasteiger charge is -2.04. The summed E-state index contributed by atoms with van der Waals surface area (Å²) >= 11 is 0. The van der Waals surface area contributed by atoms with E-state index in [0.29, 0.717) is 12.8 Å². The van der Waals surface area contributed by atoms with Crippen molar-refractivity contribution in [1.29, 1.82) is 0 Å². The van der Waals surface area contributed by atoms with Crippen molar-refractivity contribution in [3.8, 4) is 0 Å². The van der Waals surface area contributed by atoms with Gasteiger partial charge < -0.3 is 9.47 Å². The average Bonchev–Trinajstić information content (AvgIpc) is 3.08. The maximum Gasteiger partial charge on any atom is 0.310 e. The molecule has 0 aliphatic carbocycles. The fraction of sp³-hybridized carbons (Fsp3) is 0.864. The van der Waals surface area contributed by atoms with E-state index in [1.807, 2.05) is 0 Å². The van der Waals surface area contributed by atoms with Gasteiger partial charge in [0.1, 0.15) is 0 Å². The minimum absolute atomic E-state index is 0.146. The Bertz CT molecular complexity index is 658. The van der Waals surface area contributed by atoms with Crippen molar-refractivity contribution in [2.75, 3.05) is 0 Å². The first-order valence-electron chi connectivity index (χ1n) is 21.2. The smallest absolute Gasteiger partial charge is 0.310 e. The van der Waals surface area contributed by atoms with Gasteiger partial charge in [0.25, 0.3) is 0 Å². The van der Waals surface area contributed by atoms with Crippen LogP contribution in [0.25, 0.3) is 0 Å². The molecule has 0 aromatic carbocycles. The third-order valence-corrected chi connectivity index (χ3v) is 9.40. The van der Waals surface area contributed by atoms with Crippen molar-refractivity contribution in [3.05, 3.63) is 25.7 Å². The van der Waals surface area contributed by atoms with Crippen molar-refractivity contribution in [2.45, 2.75) is 245 Å². The second-order valence-corrected chi connectivity index (χ2v) is 14.1. The van der Waals surface area contributed by atoms with Crippen LogP contribution in [0.1, 0.15) is 245 Å². The molecule has 0 heterocycles. The van der Waals surface area contributed by atoms with Gasteiger partial charge >= 0.3 is 11.9 Å². The van der Waals surface area contributed by atoms with Crippen LogP contribution in [0.15, 0.2) is 25.7 Å². The zero-order chi connectivity index (χ0) is 35.4. The van der Waals surface area contributed by atoms with E-state index in [9.17, 15) is 9.59 Å². The maximum absolute atomic E-state index is 11.1.